The molecule has 1 aliphatic rings. The molecular formula is C19H23N3O3S. The van der Waals surface area contributed by atoms with Crippen LogP contribution in [-0.4, -0.2) is 37.0 Å². The minimum atomic E-state index is -0.734. The molecule has 0 radical (unpaired) electrons. The van der Waals surface area contributed by atoms with Crippen molar-refractivity contribution >= 4 is 23.2 Å². The number of hydrogen-bond donors (Lipinski definition) is 1. The van der Waals surface area contributed by atoms with Crippen LogP contribution in [0.15, 0.2) is 46.8 Å². The van der Waals surface area contributed by atoms with E-state index in [9.17, 15) is 4.79 Å². The number of rotatable bonds is 4. The summed E-state index contributed by atoms with van der Waals surface area (Å²) in [5.74, 6) is 0.00499. The number of aliphatic imine (C=N–C) groups is 1. The Morgan fingerprint density at radius 2 is 1.92 bits per heavy atom. The molecule has 1 unspecified atom stereocenters. The molecule has 6 nitrogen and oxygen atoms in total. The number of benzene rings is 1. The summed E-state index contributed by atoms with van der Waals surface area (Å²) in [6.45, 7) is 4.65. The molecule has 1 saturated heterocycles. The molecule has 2 aromatic rings. The van der Waals surface area contributed by atoms with Gasteiger partial charge < -0.3 is 15.2 Å². The van der Waals surface area contributed by atoms with Gasteiger partial charge in [0.2, 0.25) is 5.91 Å². The number of nitrogens with zero attached hydrogens (tertiary/aromatic N) is 2. The van der Waals surface area contributed by atoms with Gasteiger partial charge in [-0.05, 0) is 29.5 Å². The lowest BCUT2D eigenvalue weighted by molar-refractivity contribution is -0.124. The zero-order chi connectivity index (χ0) is 18.7. The number of guanidine groups is 1. The highest BCUT2D eigenvalue weighted by molar-refractivity contribution is 7.10. The maximum Gasteiger partial charge on any atom is 0.225 e. The number of ether oxygens (including phenoxy) is 2. The van der Waals surface area contributed by atoms with Crippen LogP contribution in [0.25, 0.3) is 0 Å². The number of nitrogens with two attached hydrogens (primary N) is 1. The molecule has 1 fully saturated rings. The number of amides is 1. The topological polar surface area (TPSA) is 77.2 Å². The molecule has 138 valence electrons. The molecule has 0 saturated carbocycles. The van der Waals surface area contributed by atoms with Gasteiger partial charge in [-0.2, -0.15) is 0 Å². The van der Waals surface area contributed by atoms with Crippen molar-refractivity contribution in [3.63, 3.8) is 0 Å². The molecule has 0 bridgehead atoms. The van der Waals surface area contributed by atoms with E-state index in [1.54, 1.807) is 18.4 Å². The minimum Gasteiger partial charge on any atom is -0.369 e. The molecular weight excluding hydrogens is 350 g/mol. The van der Waals surface area contributed by atoms with Crippen LogP contribution < -0.4 is 5.73 Å². The second kappa shape index (κ2) is 7.57. The first-order chi connectivity index (χ1) is 12.4. The third-order valence-corrected chi connectivity index (χ3v) is 5.48. The predicted molar refractivity (Wildman–Crippen MR) is 102 cm³/mol. The number of carbonyl (C=O) groups is 1. The minimum absolute atomic E-state index is 0.166. The second-order valence-electron chi connectivity index (χ2n) is 6.30. The summed E-state index contributed by atoms with van der Waals surface area (Å²) in [7, 11) is 1.62. The van der Waals surface area contributed by atoms with E-state index >= 15 is 0 Å². The first kappa shape index (κ1) is 18.6. The maximum absolute atomic E-state index is 11.7. The van der Waals surface area contributed by atoms with Gasteiger partial charge in [0.05, 0.1) is 18.1 Å². The molecule has 26 heavy (non-hydrogen) atoms. The van der Waals surface area contributed by atoms with Crippen LogP contribution in [0.4, 0.5) is 0 Å². The van der Waals surface area contributed by atoms with Crippen LogP contribution in [-0.2, 0) is 19.8 Å². The Kier molecular flexibility index (Phi) is 5.41. The fourth-order valence-electron chi connectivity index (χ4n) is 2.78. The first-order valence-electron chi connectivity index (χ1n) is 8.39. The molecule has 1 atom stereocenters. The lowest BCUT2D eigenvalue weighted by Gasteiger charge is -2.27. The van der Waals surface area contributed by atoms with Crippen LogP contribution in [0.1, 0.15) is 36.1 Å². The molecule has 1 aliphatic heterocycles. The molecule has 1 aromatic heterocycles. The Morgan fingerprint density at radius 3 is 2.54 bits per heavy atom. The summed E-state index contributed by atoms with van der Waals surface area (Å²) in [4.78, 5) is 18.7. The van der Waals surface area contributed by atoms with E-state index in [1.165, 1.54) is 11.8 Å². The van der Waals surface area contributed by atoms with Crippen molar-refractivity contribution < 1.29 is 14.3 Å². The Labute approximate surface area is 157 Å². The SMILES string of the molecule is CC(=O)N(C)C(N)=NC(C)(c1ccccc1)c1csc(C2OCCO2)c1. The van der Waals surface area contributed by atoms with E-state index in [4.69, 9.17) is 20.2 Å². The highest BCUT2D eigenvalue weighted by Gasteiger charge is 2.32. The van der Waals surface area contributed by atoms with Crippen LogP contribution >= 0.6 is 11.3 Å². The number of carbonyl (C=O) groups excluding carboxylic acids is 1. The summed E-state index contributed by atoms with van der Waals surface area (Å²) >= 11 is 1.57. The Balaban J connectivity index is 2.04. The third-order valence-electron chi connectivity index (χ3n) is 4.53. The molecule has 7 heteroatoms. The Hall–Kier alpha value is -2.22. The van der Waals surface area contributed by atoms with Crippen molar-refractivity contribution in [2.75, 3.05) is 20.3 Å². The lowest BCUT2D eigenvalue weighted by atomic mass is 9.86. The van der Waals surface area contributed by atoms with Gasteiger partial charge in [-0.25, -0.2) is 4.99 Å². The van der Waals surface area contributed by atoms with Crippen molar-refractivity contribution in [1.82, 2.24) is 4.90 Å². The van der Waals surface area contributed by atoms with Gasteiger partial charge in [-0.15, -0.1) is 11.3 Å². The van der Waals surface area contributed by atoms with Gasteiger partial charge in [0.25, 0.3) is 0 Å². The standard InChI is InChI=1S/C19H23N3O3S/c1-13(23)22(3)18(20)21-19(2,14-7-5-4-6-8-14)15-11-16(26-12-15)17-24-9-10-25-17/h4-8,11-12,17H,9-10H2,1-3H3,(H2,20,21). The molecule has 2 heterocycles. The van der Waals surface area contributed by atoms with E-state index in [0.29, 0.717) is 13.2 Å². The summed E-state index contributed by atoms with van der Waals surface area (Å²) in [5.41, 5.74) is 7.34. The normalized spacial score (nSPS) is 17.9. The summed E-state index contributed by atoms with van der Waals surface area (Å²) in [6, 6.07) is 11.9. The van der Waals surface area contributed by atoms with Crippen LogP contribution in [0.5, 0.6) is 0 Å². The highest BCUT2D eigenvalue weighted by Crippen LogP contribution is 2.39. The van der Waals surface area contributed by atoms with E-state index in [2.05, 4.69) is 0 Å². The van der Waals surface area contributed by atoms with Gasteiger partial charge in [0.1, 0.15) is 5.54 Å². The zero-order valence-electron chi connectivity index (χ0n) is 15.1. The zero-order valence-corrected chi connectivity index (χ0v) is 16.0. The molecule has 2 N–H and O–H groups in total. The van der Waals surface area contributed by atoms with Crippen LogP contribution in [0, 0.1) is 0 Å². The van der Waals surface area contributed by atoms with Crippen molar-refractivity contribution in [2.45, 2.75) is 25.7 Å². The smallest absolute Gasteiger partial charge is 0.225 e. The largest absolute Gasteiger partial charge is 0.369 e. The van der Waals surface area contributed by atoms with E-state index in [0.717, 1.165) is 16.0 Å². The fraction of sp³-hybridized carbons (Fsp3) is 0.368. The average Bonchev–Trinajstić information content (AvgIpc) is 3.33. The summed E-state index contributed by atoms with van der Waals surface area (Å²) < 4.78 is 11.2. The van der Waals surface area contributed by atoms with Crippen LogP contribution in [0.2, 0.25) is 0 Å². The lowest BCUT2D eigenvalue weighted by Crippen LogP contribution is -2.40. The van der Waals surface area contributed by atoms with E-state index in [1.807, 2.05) is 48.7 Å². The second-order valence-corrected chi connectivity index (χ2v) is 7.24. The maximum atomic E-state index is 11.7. The quantitative estimate of drug-likeness (QED) is 0.660. The van der Waals surface area contributed by atoms with Gasteiger partial charge in [-0.3, -0.25) is 9.69 Å². The molecule has 1 amide bonds. The monoisotopic (exact) mass is 373 g/mol. The fourth-order valence-corrected chi connectivity index (χ4v) is 3.78. The third kappa shape index (κ3) is 3.65. The highest BCUT2D eigenvalue weighted by atomic mass is 32.1. The molecule has 0 aliphatic carbocycles. The molecule has 3 rings (SSSR count). The number of hydrogen-bond acceptors (Lipinski definition) is 5. The average molecular weight is 373 g/mol. The van der Waals surface area contributed by atoms with Gasteiger partial charge >= 0.3 is 0 Å². The van der Waals surface area contributed by atoms with Crippen molar-refractivity contribution in [1.29, 1.82) is 0 Å². The van der Waals surface area contributed by atoms with Gasteiger partial charge in [0, 0.05) is 14.0 Å². The van der Waals surface area contributed by atoms with Crippen molar-refractivity contribution in [3.05, 3.63) is 57.8 Å². The summed E-state index contributed by atoms with van der Waals surface area (Å²) in [5, 5.41) is 2.04. The summed E-state index contributed by atoms with van der Waals surface area (Å²) in [6.07, 6.45) is -0.324. The predicted octanol–water partition coefficient (Wildman–Crippen LogP) is 2.85. The van der Waals surface area contributed by atoms with E-state index in [-0.39, 0.29) is 18.2 Å². The van der Waals surface area contributed by atoms with Gasteiger partial charge in [-0.1, -0.05) is 30.3 Å². The van der Waals surface area contributed by atoms with Crippen LogP contribution in [0.3, 0.4) is 0 Å². The van der Waals surface area contributed by atoms with Crippen molar-refractivity contribution in [2.24, 2.45) is 10.7 Å². The van der Waals surface area contributed by atoms with E-state index < -0.39 is 5.54 Å². The molecule has 1 aromatic carbocycles. The Bertz CT molecular complexity index is 799. The first-order valence-corrected chi connectivity index (χ1v) is 9.27. The van der Waals surface area contributed by atoms with Crippen molar-refractivity contribution in [3.8, 4) is 0 Å². The Morgan fingerprint density at radius 1 is 1.27 bits per heavy atom. The molecule has 0 spiro atoms. The number of thiophene rings is 1. The van der Waals surface area contributed by atoms with Gasteiger partial charge in [0.15, 0.2) is 12.2 Å².